The molecule has 0 fully saturated rings. The number of hydrogen-bond acceptors (Lipinski definition) is 1. The fourth-order valence-corrected chi connectivity index (χ4v) is 0.580. The normalized spacial score (nSPS) is 7.57. The molecule has 0 aliphatic rings. The van der Waals surface area contributed by atoms with Crippen LogP contribution in [0.1, 0.15) is 13.3 Å². The molecule has 38 valence electrons. The van der Waals surface area contributed by atoms with Crippen molar-refractivity contribution < 1.29 is 0 Å². The van der Waals surface area contributed by atoms with Gasteiger partial charge in [-0.3, -0.25) is 0 Å². The molecule has 0 aliphatic carbocycles. The summed E-state index contributed by atoms with van der Waals surface area (Å²) < 4.78 is 3.37. The van der Waals surface area contributed by atoms with Gasteiger partial charge in [0.25, 0.3) is 0 Å². The molecule has 3 nitrogen and oxygen atoms in total. The molecule has 0 atom stereocenters. The van der Waals surface area contributed by atoms with Gasteiger partial charge in [0.05, 0.1) is 0 Å². The molecule has 0 bridgehead atoms. The minimum Gasteiger partial charge on any atom is -0.130 e. The molecule has 4 heteroatoms. The maximum atomic E-state index is 7.76. The second kappa shape index (κ2) is 5.53. The lowest BCUT2D eigenvalue weighted by Crippen LogP contribution is -1.77. The van der Waals surface area contributed by atoms with E-state index in [-0.39, 0.29) is 0 Å². The molecule has 2 radical (unpaired) electrons. The van der Waals surface area contributed by atoms with Crippen LogP contribution in [0.3, 0.4) is 0 Å². The third-order valence-electron chi connectivity index (χ3n) is 0.477. The molecule has 0 aliphatic heterocycles. The van der Waals surface area contributed by atoms with Gasteiger partial charge in [0.2, 0.25) is 0 Å². The Morgan fingerprint density at radius 3 is 3.00 bits per heavy atom. The van der Waals surface area contributed by atoms with Crippen molar-refractivity contribution in [1.29, 1.82) is 0 Å². The minimum atomic E-state index is 0.441. The molecule has 0 N–H and O–H groups in total. The Hall–Kier alpha value is -0.473. The van der Waals surface area contributed by atoms with Crippen molar-refractivity contribution in [3.8, 4) is 0 Å². The van der Waals surface area contributed by atoms with E-state index in [9.17, 15) is 0 Å². The third kappa shape index (κ3) is 5.53. The Kier molecular flexibility index (Phi) is 5.15. The van der Waals surface area contributed by atoms with Crippen LogP contribution in [-0.4, -0.2) is 9.68 Å². The van der Waals surface area contributed by atoms with Gasteiger partial charge < -0.3 is 0 Å². The molecule has 0 unspecified atom stereocenters. The molecule has 0 aromatic carbocycles. The molecule has 7 heavy (non-hydrogen) atoms. The average molecular weight is 113 g/mol. The van der Waals surface area contributed by atoms with Gasteiger partial charge in [0, 0.05) is 0 Å². The van der Waals surface area contributed by atoms with Gasteiger partial charge in [-0.1, -0.05) is 19.4 Å². The summed E-state index contributed by atoms with van der Waals surface area (Å²) in [6.07, 6.45) is 1.11. The van der Waals surface area contributed by atoms with Crippen molar-refractivity contribution in [3.05, 3.63) is 10.4 Å². The van der Waals surface area contributed by atoms with Crippen molar-refractivity contribution in [2.24, 2.45) is 4.78 Å². The summed E-state index contributed by atoms with van der Waals surface area (Å²) >= 11 is 0. The Bertz CT molecular complexity index is 76.2. The fourth-order valence-electron chi connectivity index (χ4n) is 0.193. The lowest BCUT2D eigenvalue weighted by molar-refractivity contribution is 1.07. The molecule has 0 rings (SSSR count). The lowest BCUT2D eigenvalue weighted by Gasteiger charge is -1.78. The second-order valence-corrected chi connectivity index (χ2v) is 2.11. The van der Waals surface area contributed by atoms with Crippen LogP contribution in [0.25, 0.3) is 10.4 Å². The molecular weight excluding hydrogens is 106 g/mol. The zero-order valence-electron chi connectivity index (χ0n) is 4.26. The van der Waals surface area contributed by atoms with E-state index in [1.54, 1.807) is 0 Å². The maximum Gasteiger partial charge on any atom is 0.151 e. The highest BCUT2D eigenvalue weighted by atomic mass is 28.2. The van der Waals surface area contributed by atoms with Crippen molar-refractivity contribution in [2.45, 2.75) is 19.4 Å². The molecule has 0 spiro atoms. The van der Waals surface area contributed by atoms with Crippen LogP contribution in [0.15, 0.2) is 4.78 Å². The summed E-state index contributed by atoms with van der Waals surface area (Å²) in [7, 11) is 0.441. The largest absolute Gasteiger partial charge is 0.151 e. The summed E-state index contributed by atoms with van der Waals surface area (Å²) in [4.78, 5) is 2.61. The van der Waals surface area contributed by atoms with E-state index in [0.717, 1.165) is 12.5 Å². The van der Waals surface area contributed by atoms with Gasteiger partial charge in [0.15, 0.2) is 9.68 Å². The molecule has 0 heterocycles. The number of nitrogens with zero attached hydrogens (tertiary/aromatic N) is 3. The van der Waals surface area contributed by atoms with E-state index in [1.807, 2.05) is 0 Å². The average Bonchev–Trinajstić information content (AvgIpc) is 1.69. The first-order valence-electron chi connectivity index (χ1n) is 2.18. The highest BCUT2D eigenvalue weighted by molar-refractivity contribution is 6.32. The van der Waals surface area contributed by atoms with Crippen LogP contribution < -0.4 is 0 Å². The highest BCUT2D eigenvalue weighted by Gasteiger charge is 1.76. The Balaban J connectivity index is 2.83. The van der Waals surface area contributed by atoms with Crippen LogP contribution in [-0.2, 0) is 0 Å². The Labute approximate surface area is 45.3 Å². The SMILES string of the molecule is CCC[Si]N=[N+]=[N-]. The standard InChI is InChI=1S/C3H7N3Si/c1-2-3-7-6-5-4/h2-3H2,1H3. The first-order valence-corrected chi connectivity index (χ1v) is 3.34. The first kappa shape index (κ1) is 6.53. The van der Waals surface area contributed by atoms with E-state index in [4.69, 9.17) is 5.53 Å². The van der Waals surface area contributed by atoms with Crippen molar-refractivity contribution in [2.75, 3.05) is 0 Å². The van der Waals surface area contributed by atoms with Gasteiger partial charge in [-0.2, -0.15) is 0 Å². The smallest absolute Gasteiger partial charge is 0.130 e. The molecule has 0 aromatic rings. The van der Waals surface area contributed by atoms with Gasteiger partial charge in [-0.25, -0.2) is 0 Å². The van der Waals surface area contributed by atoms with Gasteiger partial charge >= 0.3 is 0 Å². The molecule has 0 saturated carbocycles. The molecule has 0 saturated heterocycles. The second-order valence-electron chi connectivity index (χ2n) is 1.10. The zero-order valence-corrected chi connectivity index (χ0v) is 5.26. The molecular formula is C3H7N3Si. The van der Waals surface area contributed by atoms with E-state index in [0.29, 0.717) is 9.68 Å². The third-order valence-corrected chi connectivity index (χ3v) is 1.43. The number of azide groups is 1. The summed E-state index contributed by atoms with van der Waals surface area (Å²) in [6, 6.07) is 1.03. The molecule has 0 aromatic heterocycles. The maximum absolute atomic E-state index is 7.76. The summed E-state index contributed by atoms with van der Waals surface area (Å²) in [5.74, 6) is 0. The fraction of sp³-hybridized carbons (Fsp3) is 1.00. The summed E-state index contributed by atoms with van der Waals surface area (Å²) in [5, 5.41) is 0. The summed E-state index contributed by atoms with van der Waals surface area (Å²) in [6.45, 7) is 2.07. The predicted molar refractivity (Wildman–Crippen MR) is 30.0 cm³/mol. The van der Waals surface area contributed by atoms with Gasteiger partial charge in [-0.05, 0) is 10.4 Å². The van der Waals surface area contributed by atoms with Gasteiger partial charge in [0.1, 0.15) is 0 Å². The van der Waals surface area contributed by atoms with Crippen LogP contribution in [0.2, 0.25) is 6.04 Å². The molecule has 0 amide bonds. The minimum absolute atomic E-state index is 0.441. The number of rotatable bonds is 3. The monoisotopic (exact) mass is 113 g/mol. The van der Waals surface area contributed by atoms with Crippen molar-refractivity contribution in [1.82, 2.24) is 0 Å². The quantitative estimate of drug-likeness (QED) is 0.176. The van der Waals surface area contributed by atoms with E-state index < -0.39 is 0 Å². The van der Waals surface area contributed by atoms with E-state index >= 15 is 0 Å². The van der Waals surface area contributed by atoms with Crippen LogP contribution in [0.4, 0.5) is 0 Å². The Morgan fingerprint density at radius 2 is 2.57 bits per heavy atom. The topological polar surface area (TPSA) is 48.8 Å². The highest BCUT2D eigenvalue weighted by Crippen LogP contribution is 1.84. The summed E-state index contributed by atoms with van der Waals surface area (Å²) in [5.41, 5.74) is 7.76. The van der Waals surface area contributed by atoms with Crippen LogP contribution >= 0.6 is 0 Å². The predicted octanol–water partition coefficient (Wildman–Crippen LogP) is 1.74. The number of hydrogen-bond donors (Lipinski definition) is 0. The van der Waals surface area contributed by atoms with Crippen LogP contribution in [0.5, 0.6) is 0 Å². The first-order chi connectivity index (χ1) is 3.41. The van der Waals surface area contributed by atoms with Crippen LogP contribution in [0, 0.1) is 0 Å². The Morgan fingerprint density at radius 1 is 1.86 bits per heavy atom. The van der Waals surface area contributed by atoms with Gasteiger partial charge in [-0.15, -0.1) is 4.78 Å². The van der Waals surface area contributed by atoms with Crippen molar-refractivity contribution in [3.63, 3.8) is 0 Å². The van der Waals surface area contributed by atoms with E-state index in [2.05, 4.69) is 16.6 Å². The van der Waals surface area contributed by atoms with E-state index in [1.165, 1.54) is 0 Å². The van der Waals surface area contributed by atoms with Crippen molar-refractivity contribution >= 4 is 9.68 Å². The zero-order chi connectivity index (χ0) is 5.54. The lowest BCUT2D eigenvalue weighted by atomic mass is 10.6.